The fourth-order valence-electron chi connectivity index (χ4n) is 2.65. The molecule has 3 nitrogen and oxygen atoms in total. The first kappa shape index (κ1) is 12.0. The Balaban J connectivity index is 2.14. The van der Waals surface area contributed by atoms with E-state index in [0.717, 1.165) is 28.4 Å². The summed E-state index contributed by atoms with van der Waals surface area (Å²) in [6.45, 7) is 0. The third kappa shape index (κ3) is 1.64. The Morgan fingerprint density at radius 1 is 1.00 bits per heavy atom. The van der Waals surface area contributed by atoms with Crippen LogP contribution in [0.25, 0.3) is 22.0 Å². The van der Waals surface area contributed by atoms with Crippen LogP contribution in [0.3, 0.4) is 0 Å². The molecule has 0 N–H and O–H groups in total. The van der Waals surface area contributed by atoms with Gasteiger partial charge in [-0.25, -0.2) is 8.78 Å². The van der Waals surface area contributed by atoms with Gasteiger partial charge >= 0.3 is 5.69 Å². The van der Waals surface area contributed by atoms with Crippen LogP contribution in [0.1, 0.15) is 0 Å². The van der Waals surface area contributed by atoms with Crippen molar-refractivity contribution in [3.05, 3.63) is 77.0 Å². The van der Waals surface area contributed by atoms with Gasteiger partial charge < -0.3 is 0 Å². The van der Waals surface area contributed by atoms with E-state index in [0.29, 0.717) is 0 Å². The van der Waals surface area contributed by atoms with E-state index in [1.54, 1.807) is 12.4 Å². The van der Waals surface area contributed by atoms with E-state index in [4.69, 9.17) is 0 Å². The summed E-state index contributed by atoms with van der Waals surface area (Å²) in [5.41, 5.74) is 0.424. The molecule has 21 heavy (non-hydrogen) atoms. The van der Waals surface area contributed by atoms with Gasteiger partial charge in [0.05, 0.1) is 5.39 Å². The summed E-state index contributed by atoms with van der Waals surface area (Å²) in [5, 5.41) is 1.75. The Morgan fingerprint density at radius 3 is 2.62 bits per heavy atom. The second-order valence-electron chi connectivity index (χ2n) is 4.85. The van der Waals surface area contributed by atoms with E-state index in [-0.39, 0.29) is 5.69 Å². The van der Waals surface area contributed by atoms with E-state index < -0.39 is 17.3 Å². The molecule has 0 spiro atoms. The number of para-hydroxylation sites is 1. The van der Waals surface area contributed by atoms with Crippen molar-refractivity contribution in [3.63, 3.8) is 0 Å². The lowest BCUT2D eigenvalue weighted by Crippen LogP contribution is -2.51. The first-order chi connectivity index (χ1) is 10.1. The monoisotopic (exact) mass is 283 g/mol. The summed E-state index contributed by atoms with van der Waals surface area (Å²) in [5.74, 6) is -1.45. The van der Waals surface area contributed by atoms with Gasteiger partial charge in [-0.3, -0.25) is 0 Å². The lowest BCUT2D eigenvalue weighted by molar-refractivity contribution is -0.616. The summed E-state index contributed by atoms with van der Waals surface area (Å²) >= 11 is 0. The number of halogens is 2. The minimum Gasteiger partial charge on any atom is -0.207 e. The zero-order chi connectivity index (χ0) is 14.6. The van der Waals surface area contributed by atoms with Crippen molar-refractivity contribution >= 4 is 16.3 Å². The zero-order valence-electron chi connectivity index (χ0n) is 10.8. The van der Waals surface area contributed by atoms with Gasteiger partial charge in [0, 0.05) is 11.5 Å². The fraction of sp³-hybridized carbons (Fsp3) is 0. The van der Waals surface area contributed by atoms with Crippen molar-refractivity contribution in [1.82, 2.24) is 4.40 Å². The van der Waals surface area contributed by atoms with Gasteiger partial charge in [0.15, 0.2) is 17.0 Å². The molecule has 0 saturated heterocycles. The van der Waals surface area contributed by atoms with Gasteiger partial charge in [-0.15, -0.1) is 0 Å². The van der Waals surface area contributed by atoms with Crippen LogP contribution >= 0.6 is 0 Å². The van der Waals surface area contributed by atoms with Crippen molar-refractivity contribution in [3.8, 4) is 5.69 Å². The number of hydrogen-bond donors (Lipinski definition) is 0. The Kier molecular flexibility index (Phi) is 2.33. The molecule has 2 aromatic carbocycles. The van der Waals surface area contributed by atoms with E-state index in [2.05, 4.69) is 0 Å². The first-order valence-corrected chi connectivity index (χ1v) is 6.39. The summed E-state index contributed by atoms with van der Waals surface area (Å²) in [7, 11) is 0. The Bertz CT molecular complexity index is 1040. The molecule has 0 bridgehead atoms. The zero-order valence-corrected chi connectivity index (χ0v) is 10.8. The van der Waals surface area contributed by atoms with Gasteiger partial charge in [0.25, 0.3) is 0 Å². The first-order valence-electron chi connectivity index (χ1n) is 6.39. The average molecular weight is 283 g/mol. The van der Waals surface area contributed by atoms with Crippen LogP contribution in [-0.2, 0) is 0 Å². The second-order valence-corrected chi connectivity index (χ2v) is 4.85. The normalized spacial score (nSPS) is 11.5. The predicted octanol–water partition coefficient (Wildman–Crippen LogP) is 2.45. The number of benzene rings is 2. The Hall–Kier alpha value is -2.82. The maximum Gasteiger partial charge on any atom is 0.508 e. The summed E-state index contributed by atoms with van der Waals surface area (Å²) < 4.78 is 29.6. The fourth-order valence-corrected chi connectivity index (χ4v) is 2.65. The molecule has 0 atom stereocenters. The molecular formula is C16H9F2N2O+. The molecule has 0 aliphatic rings. The van der Waals surface area contributed by atoms with Crippen molar-refractivity contribution in [2.75, 3.05) is 0 Å². The molecule has 0 aliphatic carbocycles. The third-order valence-electron chi connectivity index (χ3n) is 3.59. The second kappa shape index (κ2) is 4.09. The van der Waals surface area contributed by atoms with Gasteiger partial charge in [-0.1, -0.05) is 12.1 Å². The Morgan fingerprint density at radius 2 is 1.81 bits per heavy atom. The summed E-state index contributed by atoms with van der Waals surface area (Å²) in [4.78, 5) is 12.5. The van der Waals surface area contributed by atoms with Gasteiger partial charge in [0.2, 0.25) is 0 Å². The highest BCUT2D eigenvalue weighted by Crippen LogP contribution is 2.19. The number of nitrogens with zero attached hydrogens (tertiary/aromatic N) is 2. The lowest BCUT2D eigenvalue weighted by Gasteiger charge is -2.02. The maximum atomic E-state index is 13.9. The molecular weight excluding hydrogens is 274 g/mol. The molecule has 5 heteroatoms. The average Bonchev–Trinajstić information content (AvgIpc) is 2.89. The molecule has 0 saturated carbocycles. The molecule has 2 aromatic heterocycles. The van der Waals surface area contributed by atoms with Gasteiger partial charge in [-0.2, -0.15) is 13.8 Å². The van der Waals surface area contributed by atoms with Crippen molar-refractivity contribution in [2.24, 2.45) is 0 Å². The number of hydrogen-bond acceptors (Lipinski definition) is 1. The van der Waals surface area contributed by atoms with Crippen molar-refractivity contribution in [2.45, 2.75) is 0 Å². The number of aromatic nitrogens is 2. The third-order valence-corrected chi connectivity index (χ3v) is 3.59. The quantitative estimate of drug-likeness (QED) is 0.493. The summed E-state index contributed by atoms with van der Waals surface area (Å²) in [6.07, 6.45) is 3.22. The van der Waals surface area contributed by atoms with Crippen molar-refractivity contribution in [1.29, 1.82) is 0 Å². The predicted molar refractivity (Wildman–Crippen MR) is 73.8 cm³/mol. The molecule has 0 aliphatic heterocycles. The van der Waals surface area contributed by atoms with Crippen LogP contribution in [0.15, 0.2) is 59.7 Å². The van der Waals surface area contributed by atoms with Gasteiger partial charge in [0.1, 0.15) is 18.2 Å². The smallest absolute Gasteiger partial charge is 0.207 e. The number of rotatable bonds is 1. The lowest BCUT2D eigenvalue weighted by atomic mass is 10.2. The van der Waals surface area contributed by atoms with Crippen molar-refractivity contribution < 1.29 is 13.3 Å². The highest BCUT2D eigenvalue weighted by molar-refractivity contribution is 5.95. The topological polar surface area (TPSA) is 25.4 Å². The summed E-state index contributed by atoms with van der Waals surface area (Å²) in [6, 6.07) is 10.6. The molecule has 0 radical (unpaired) electrons. The van der Waals surface area contributed by atoms with E-state index in [1.807, 2.05) is 24.3 Å². The molecule has 0 unspecified atom stereocenters. The molecule has 4 aromatic rings. The van der Waals surface area contributed by atoms with Crippen LogP contribution in [0.2, 0.25) is 0 Å². The minimum absolute atomic E-state index is 0.0257. The van der Waals surface area contributed by atoms with E-state index >= 15 is 0 Å². The maximum absolute atomic E-state index is 13.9. The van der Waals surface area contributed by atoms with Crippen LogP contribution in [-0.4, -0.2) is 4.40 Å². The van der Waals surface area contributed by atoms with Crippen LogP contribution in [0, 0.1) is 11.6 Å². The van der Waals surface area contributed by atoms with E-state index in [9.17, 15) is 13.6 Å². The SMILES string of the molecule is O=c1n2ccc3cccc(c[n+]1-c1ccc(F)cc1F)c32. The van der Waals surface area contributed by atoms with Gasteiger partial charge in [-0.05, 0) is 24.3 Å². The highest BCUT2D eigenvalue weighted by atomic mass is 19.1. The Labute approximate surface area is 117 Å². The van der Waals surface area contributed by atoms with Crippen LogP contribution < -0.4 is 10.3 Å². The molecule has 0 amide bonds. The van der Waals surface area contributed by atoms with Crippen LogP contribution in [0.4, 0.5) is 8.78 Å². The van der Waals surface area contributed by atoms with Crippen LogP contribution in [0.5, 0.6) is 0 Å². The van der Waals surface area contributed by atoms with E-state index in [1.165, 1.54) is 15.0 Å². The highest BCUT2D eigenvalue weighted by Gasteiger charge is 2.20. The standard InChI is InChI=1S/C16H9F2N2O/c17-12-4-5-14(13(18)8-12)20-9-11-3-1-2-10-6-7-19(15(10)11)16(20)21/h1-9H/q+1. The molecule has 2 heterocycles. The molecule has 102 valence electrons. The molecule has 0 fully saturated rings. The largest absolute Gasteiger partial charge is 0.508 e. The minimum atomic E-state index is -0.776. The molecule has 4 rings (SSSR count).